The molecule has 27 heavy (non-hydrogen) atoms. The monoisotopic (exact) mass is 369 g/mol. The predicted octanol–water partition coefficient (Wildman–Crippen LogP) is 3.51. The van der Waals surface area contributed by atoms with Crippen molar-refractivity contribution in [3.63, 3.8) is 0 Å². The molecule has 1 aromatic heterocycles. The largest absolute Gasteiger partial charge is 0.345 e. The van der Waals surface area contributed by atoms with Crippen molar-refractivity contribution in [1.82, 2.24) is 14.8 Å². The molecule has 0 atom stereocenters. The van der Waals surface area contributed by atoms with Crippen LogP contribution < -0.4 is 0 Å². The van der Waals surface area contributed by atoms with Crippen LogP contribution in [0.5, 0.6) is 0 Å². The first-order valence-corrected chi connectivity index (χ1v) is 9.18. The summed E-state index contributed by atoms with van der Waals surface area (Å²) in [5.74, 6) is -0.687. The summed E-state index contributed by atoms with van der Waals surface area (Å²) >= 11 is 0. The number of carbonyl (C=O) groups is 2. The number of aromatic nitrogens is 1. The molecular weight excluding hydrogens is 345 g/mol. The van der Waals surface area contributed by atoms with Gasteiger partial charge in [0.25, 0.3) is 11.8 Å². The van der Waals surface area contributed by atoms with Gasteiger partial charge in [-0.3, -0.25) is 14.6 Å². The van der Waals surface area contributed by atoms with Gasteiger partial charge in [0.2, 0.25) is 0 Å². The van der Waals surface area contributed by atoms with E-state index in [0.717, 1.165) is 31.2 Å². The zero-order valence-corrected chi connectivity index (χ0v) is 15.7. The van der Waals surface area contributed by atoms with Gasteiger partial charge in [-0.15, -0.1) is 0 Å². The minimum Gasteiger partial charge on any atom is -0.345 e. The summed E-state index contributed by atoms with van der Waals surface area (Å²) in [5.41, 5.74) is 1.51. The fourth-order valence-electron chi connectivity index (χ4n) is 3.51. The first kappa shape index (κ1) is 19.0. The van der Waals surface area contributed by atoms with Crippen LogP contribution in [-0.4, -0.2) is 46.7 Å². The van der Waals surface area contributed by atoms with Gasteiger partial charge in [0.15, 0.2) is 0 Å². The number of halogens is 1. The van der Waals surface area contributed by atoms with Gasteiger partial charge in [0, 0.05) is 39.1 Å². The van der Waals surface area contributed by atoms with Gasteiger partial charge in [-0.1, -0.05) is 25.0 Å². The van der Waals surface area contributed by atoms with Gasteiger partial charge in [0.1, 0.15) is 5.82 Å². The molecule has 0 saturated heterocycles. The molecule has 6 heteroatoms. The van der Waals surface area contributed by atoms with Crippen molar-refractivity contribution in [2.24, 2.45) is 0 Å². The highest BCUT2D eigenvalue weighted by Crippen LogP contribution is 2.27. The molecule has 0 aliphatic heterocycles. The van der Waals surface area contributed by atoms with Crippen LogP contribution in [0.3, 0.4) is 0 Å². The second kappa shape index (κ2) is 8.29. The van der Waals surface area contributed by atoms with E-state index in [1.54, 1.807) is 31.1 Å². The minimum absolute atomic E-state index is 0.119. The number of rotatable bonds is 5. The molecule has 3 rings (SSSR count). The van der Waals surface area contributed by atoms with E-state index in [0.29, 0.717) is 17.7 Å². The third-order valence-corrected chi connectivity index (χ3v) is 4.91. The molecule has 1 aliphatic carbocycles. The van der Waals surface area contributed by atoms with Crippen molar-refractivity contribution in [2.75, 3.05) is 14.1 Å². The fourth-order valence-corrected chi connectivity index (χ4v) is 3.51. The van der Waals surface area contributed by atoms with Gasteiger partial charge in [0.05, 0.1) is 11.1 Å². The minimum atomic E-state index is -0.313. The highest BCUT2D eigenvalue weighted by Gasteiger charge is 2.28. The first-order chi connectivity index (χ1) is 13.0. The number of carbonyl (C=O) groups excluding carboxylic acids is 2. The number of pyridine rings is 1. The zero-order chi connectivity index (χ0) is 19.4. The second-order valence-electron chi connectivity index (χ2n) is 7.16. The summed E-state index contributed by atoms with van der Waals surface area (Å²) < 4.78 is 13.6. The molecule has 142 valence electrons. The molecule has 0 N–H and O–H groups in total. The van der Waals surface area contributed by atoms with Crippen molar-refractivity contribution in [2.45, 2.75) is 38.3 Å². The molecule has 1 aliphatic rings. The second-order valence-corrected chi connectivity index (χ2v) is 7.16. The molecule has 0 radical (unpaired) electrons. The van der Waals surface area contributed by atoms with Crippen molar-refractivity contribution < 1.29 is 14.0 Å². The van der Waals surface area contributed by atoms with Gasteiger partial charge >= 0.3 is 0 Å². The zero-order valence-electron chi connectivity index (χ0n) is 15.7. The van der Waals surface area contributed by atoms with Crippen molar-refractivity contribution >= 4 is 11.8 Å². The lowest BCUT2D eigenvalue weighted by molar-refractivity contribution is 0.0663. The van der Waals surface area contributed by atoms with Crippen LogP contribution in [-0.2, 0) is 6.54 Å². The van der Waals surface area contributed by atoms with Gasteiger partial charge in [-0.2, -0.15) is 0 Å². The van der Waals surface area contributed by atoms with Crippen LogP contribution in [0, 0.1) is 5.82 Å². The molecule has 0 spiro atoms. The number of benzene rings is 1. The lowest BCUT2D eigenvalue weighted by atomic mass is 10.1. The molecule has 0 bridgehead atoms. The van der Waals surface area contributed by atoms with Crippen LogP contribution >= 0.6 is 0 Å². The van der Waals surface area contributed by atoms with Crippen molar-refractivity contribution in [3.05, 3.63) is 65.2 Å². The molecular formula is C21H24FN3O2. The van der Waals surface area contributed by atoms with E-state index in [1.807, 2.05) is 6.07 Å². The summed E-state index contributed by atoms with van der Waals surface area (Å²) in [6.07, 6.45) is 6.98. The Morgan fingerprint density at radius 3 is 2.37 bits per heavy atom. The van der Waals surface area contributed by atoms with E-state index in [-0.39, 0.29) is 23.7 Å². The number of nitrogens with zero attached hydrogens (tertiary/aromatic N) is 3. The van der Waals surface area contributed by atoms with Crippen molar-refractivity contribution in [1.29, 1.82) is 0 Å². The standard InChI is InChI=1S/C21H24FN3O2/c1-24(2)20(26)16-11-17(13-23-12-16)21(27)25(19-8-3-4-9-19)14-15-6-5-7-18(22)10-15/h5-7,10-13,19H,3-4,8-9,14H2,1-2H3. The van der Waals surface area contributed by atoms with Crippen LogP contribution in [0.15, 0.2) is 42.7 Å². The molecule has 1 heterocycles. The highest BCUT2D eigenvalue weighted by molar-refractivity contribution is 5.99. The average molecular weight is 369 g/mol. The Kier molecular flexibility index (Phi) is 5.84. The van der Waals surface area contributed by atoms with Crippen LogP contribution in [0.2, 0.25) is 0 Å². The molecule has 1 fully saturated rings. The average Bonchev–Trinajstić information content (AvgIpc) is 3.19. The van der Waals surface area contributed by atoms with E-state index >= 15 is 0 Å². The maximum atomic E-state index is 13.6. The molecule has 1 aromatic carbocycles. The topological polar surface area (TPSA) is 53.5 Å². The molecule has 2 aromatic rings. The highest BCUT2D eigenvalue weighted by atomic mass is 19.1. The Labute approximate surface area is 158 Å². The molecule has 5 nitrogen and oxygen atoms in total. The van der Waals surface area contributed by atoms with Gasteiger partial charge in [-0.25, -0.2) is 4.39 Å². The third-order valence-electron chi connectivity index (χ3n) is 4.91. The van der Waals surface area contributed by atoms with Crippen molar-refractivity contribution in [3.8, 4) is 0 Å². The maximum Gasteiger partial charge on any atom is 0.255 e. The Bertz CT molecular complexity index is 832. The quantitative estimate of drug-likeness (QED) is 0.810. The lowest BCUT2D eigenvalue weighted by Crippen LogP contribution is -2.38. The normalized spacial score (nSPS) is 14.2. The SMILES string of the molecule is CN(C)C(=O)c1cncc(C(=O)N(Cc2cccc(F)c2)C2CCCC2)c1. The van der Waals surface area contributed by atoms with E-state index in [9.17, 15) is 14.0 Å². The van der Waals surface area contributed by atoms with E-state index in [2.05, 4.69) is 4.98 Å². The lowest BCUT2D eigenvalue weighted by Gasteiger charge is -2.29. The molecule has 1 saturated carbocycles. The summed E-state index contributed by atoms with van der Waals surface area (Å²) in [6, 6.07) is 8.03. The Morgan fingerprint density at radius 1 is 1.07 bits per heavy atom. The first-order valence-electron chi connectivity index (χ1n) is 9.18. The Balaban J connectivity index is 1.89. The van der Waals surface area contributed by atoms with E-state index < -0.39 is 0 Å². The third kappa shape index (κ3) is 4.51. The number of amides is 2. The van der Waals surface area contributed by atoms with Gasteiger partial charge in [-0.05, 0) is 36.6 Å². The Morgan fingerprint density at radius 2 is 1.74 bits per heavy atom. The van der Waals surface area contributed by atoms with Crippen LogP contribution in [0.1, 0.15) is 52.0 Å². The number of hydrogen-bond acceptors (Lipinski definition) is 3. The maximum absolute atomic E-state index is 13.6. The van der Waals surface area contributed by atoms with Crippen LogP contribution in [0.25, 0.3) is 0 Å². The summed E-state index contributed by atoms with van der Waals surface area (Å²) in [4.78, 5) is 32.8. The molecule has 2 amide bonds. The Hall–Kier alpha value is -2.76. The predicted molar refractivity (Wildman–Crippen MR) is 101 cm³/mol. The van der Waals surface area contributed by atoms with E-state index in [4.69, 9.17) is 0 Å². The fraction of sp³-hybridized carbons (Fsp3) is 0.381. The van der Waals surface area contributed by atoms with E-state index in [1.165, 1.54) is 29.4 Å². The summed E-state index contributed by atoms with van der Waals surface area (Å²) in [5, 5.41) is 0. The number of hydrogen-bond donors (Lipinski definition) is 0. The smallest absolute Gasteiger partial charge is 0.255 e. The van der Waals surface area contributed by atoms with Gasteiger partial charge < -0.3 is 9.80 Å². The summed E-state index contributed by atoms with van der Waals surface area (Å²) in [6.45, 7) is 0.340. The summed E-state index contributed by atoms with van der Waals surface area (Å²) in [7, 11) is 3.32. The van der Waals surface area contributed by atoms with Crippen LogP contribution in [0.4, 0.5) is 4.39 Å². The molecule has 0 unspecified atom stereocenters.